The van der Waals surface area contributed by atoms with Crippen molar-refractivity contribution in [2.24, 2.45) is 7.05 Å². The summed E-state index contributed by atoms with van der Waals surface area (Å²) in [5, 5.41) is 2.98. The Hall–Kier alpha value is -0.900. The van der Waals surface area contributed by atoms with Gasteiger partial charge in [-0.1, -0.05) is 0 Å². The Morgan fingerprint density at radius 3 is 2.52 bits per heavy atom. The Labute approximate surface area is 125 Å². The molecule has 1 saturated heterocycles. The molecule has 0 saturated carbocycles. The van der Waals surface area contributed by atoms with Crippen LogP contribution < -0.4 is 10.0 Å². The quantitative estimate of drug-likeness (QED) is 0.763. The first-order valence-corrected chi connectivity index (χ1v) is 10.1. The van der Waals surface area contributed by atoms with Gasteiger partial charge < -0.3 is 9.88 Å². The minimum absolute atomic E-state index is 0.0416. The average Bonchev–Trinajstić information content (AvgIpc) is 2.75. The molecule has 0 unspecified atom stereocenters. The average molecular weight is 335 g/mol. The van der Waals surface area contributed by atoms with Gasteiger partial charge in [0.25, 0.3) is 0 Å². The Kier molecular flexibility index (Phi) is 4.76. The summed E-state index contributed by atoms with van der Waals surface area (Å²) in [7, 11) is -3.02. The van der Waals surface area contributed by atoms with Gasteiger partial charge in [-0.2, -0.15) is 0 Å². The second kappa shape index (κ2) is 6.07. The fourth-order valence-electron chi connectivity index (χ4n) is 2.38. The molecular formula is C12H21N3O4S2. The maximum absolute atomic E-state index is 12.3. The fraction of sp³-hybridized carbons (Fsp3) is 0.667. The fourth-order valence-corrected chi connectivity index (χ4v) is 5.27. The highest BCUT2D eigenvalue weighted by Gasteiger charge is 2.28. The molecule has 1 aliphatic heterocycles. The lowest BCUT2D eigenvalue weighted by Gasteiger charge is -2.22. The van der Waals surface area contributed by atoms with Crippen LogP contribution in [0.4, 0.5) is 0 Å². The molecule has 0 atom stereocenters. The van der Waals surface area contributed by atoms with Crippen LogP contribution in [0.25, 0.3) is 0 Å². The third-order valence-electron chi connectivity index (χ3n) is 3.63. The van der Waals surface area contributed by atoms with Crippen LogP contribution in [-0.4, -0.2) is 46.0 Å². The van der Waals surface area contributed by atoms with E-state index >= 15 is 0 Å². The van der Waals surface area contributed by atoms with E-state index in [2.05, 4.69) is 10.0 Å². The highest BCUT2D eigenvalue weighted by atomic mass is 32.2. The van der Waals surface area contributed by atoms with Gasteiger partial charge in [0.15, 0.2) is 0 Å². The molecule has 0 bridgehead atoms. The first-order chi connectivity index (χ1) is 9.73. The van der Waals surface area contributed by atoms with Gasteiger partial charge in [-0.15, -0.1) is 0 Å². The minimum Gasteiger partial charge on any atom is -0.352 e. The highest BCUT2D eigenvalue weighted by Crippen LogP contribution is 2.18. The van der Waals surface area contributed by atoms with Crippen molar-refractivity contribution in [3.63, 3.8) is 0 Å². The molecule has 7 nitrogen and oxygen atoms in total. The molecule has 0 spiro atoms. The number of rotatable bonds is 5. The SMILES string of the molecule is CNCc1cc(S(=O)(=O)NC2CCS(=O)(=O)CC2)cn1C. The Bertz CT molecular complexity index is 693. The normalized spacial score (nSPS) is 19.7. The van der Waals surface area contributed by atoms with Crippen LogP contribution in [0.5, 0.6) is 0 Å². The van der Waals surface area contributed by atoms with Gasteiger partial charge in [0, 0.05) is 31.5 Å². The van der Waals surface area contributed by atoms with Crippen LogP contribution in [-0.2, 0) is 33.5 Å². The van der Waals surface area contributed by atoms with Crippen molar-refractivity contribution in [3.05, 3.63) is 18.0 Å². The van der Waals surface area contributed by atoms with Gasteiger partial charge >= 0.3 is 0 Å². The zero-order chi connectivity index (χ0) is 15.7. The molecule has 1 aromatic rings. The van der Waals surface area contributed by atoms with E-state index in [9.17, 15) is 16.8 Å². The second-order valence-corrected chi connectivity index (χ2v) is 9.37. The molecule has 21 heavy (non-hydrogen) atoms. The molecule has 2 N–H and O–H groups in total. The van der Waals surface area contributed by atoms with Crippen molar-refractivity contribution in [2.75, 3.05) is 18.6 Å². The van der Waals surface area contributed by atoms with E-state index in [4.69, 9.17) is 0 Å². The molecule has 0 aliphatic carbocycles. The van der Waals surface area contributed by atoms with E-state index in [1.807, 2.05) is 0 Å². The number of sulfone groups is 1. The number of aromatic nitrogens is 1. The van der Waals surface area contributed by atoms with E-state index in [0.29, 0.717) is 19.4 Å². The number of sulfonamides is 1. The second-order valence-electron chi connectivity index (χ2n) is 5.36. The summed E-state index contributed by atoms with van der Waals surface area (Å²) in [6, 6.07) is 1.31. The molecule has 9 heteroatoms. The summed E-state index contributed by atoms with van der Waals surface area (Å²) in [6.07, 6.45) is 2.23. The van der Waals surface area contributed by atoms with Crippen LogP contribution >= 0.6 is 0 Å². The Balaban J connectivity index is 2.10. The van der Waals surface area contributed by atoms with E-state index in [-0.39, 0.29) is 22.4 Å². The van der Waals surface area contributed by atoms with Gasteiger partial charge in [-0.05, 0) is 26.0 Å². The van der Waals surface area contributed by atoms with Crippen molar-refractivity contribution in [3.8, 4) is 0 Å². The molecule has 1 aromatic heterocycles. The number of hydrogen-bond donors (Lipinski definition) is 2. The van der Waals surface area contributed by atoms with E-state index in [1.54, 1.807) is 30.9 Å². The van der Waals surface area contributed by atoms with E-state index < -0.39 is 19.9 Å². The summed E-state index contributed by atoms with van der Waals surface area (Å²) in [6.45, 7) is 0.577. The zero-order valence-electron chi connectivity index (χ0n) is 12.2. The molecule has 2 rings (SSSR count). The van der Waals surface area contributed by atoms with Crippen molar-refractivity contribution in [1.82, 2.24) is 14.6 Å². The summed E-state index contributed by atoms with van der Waals surface area (Å²) >= 11 is 0. The van der Waals surface area contributed by atoms with E-state index in [0.717, 1.165) is 5.69 Å². The summed E-state index contributed by atoms with van der Waals surface area (Å²) in [5.41, 5.74) is 0.865. The van der Waals surface area contributed by atoms with Gasteiger partial charge in [0.1, 0.15) is 9.84 Å². The zero-order valence-corrected chi connectivity index (χ0v) is 13.8. The maximum atomic E-state index is 12.3. The Morgan fingerprint density at radius 1 is 1.33 bits per heavy atom. The molecule has 1 aliphatic rings. The predicted molar refractivity (Wildman–Crippen MR) is 80.2 cm³/mol. The molecular weight excluding hydrogens is 314 g/mol. The van der Waals surface area contributed by atoms with Gasteiger partial charge in [-0.3, -0.25) is 0 Å². The smallest absolute Gasteiger partial charge is 0.242 e. The monoisotopic (exact) mass is 335 g/mol. The summed E-state index contributed by atoms with van der Waals surface area (Å²) in [5.74, 6) is 0.0833. The molecule has 1 fully saturated rings. The van der Waals surface area contributed by atoms with Crippen LogP contribution in [0, 0.1) is 0 Å². The summed E-state index contributed by atoms with van der Waals surface area (Å²) in [4.78, 5) is 0.212. The highest BCUT2D eigenvalue weighted by molar-refractivity contribution is 7.91. The lowest BCUT2D eigenvalue weighted by atomic mass is 10.2. The lowest BCUT2D eigenvalue weighted by molar-refractivity contribution is 0.505. The largest absolute Gasteiger partial charge is 0.352 e. The van der Waals surface area contributed by atoms with Crippen molar-refractivity contribution >= 4 is 19.9 Å². The molecule has 0 amide bonds. The molecule has 2 heterocycles. The number of aryl methyl sites for hydroxylation is 1. The van der Waals surface area contributed by atoms with Gasteiger partial charge in [0.2, 0.25) is 10.0 Å². The number of hydrogen-bond acceptors (Lipinski definition) is 5. The van der Waals surface area contributed by atoms with Crippen LogP contribution in [0.15, 0.2) is 17.2 Å². The third-order valence-corrected chi connectivity index (χ3v) is 6.83. The van der Waals surface area contributed by atoms with E-state index in [1.165, 1.54) is 0 Å². The first kappa shape index (κ1) is 16.5. The Morgan fingerprint density at radius 2 is 1.95 bits per heavy atom. The van der Waals surface area contributed by atoms with Crippen molar-refractivity contribution < 1.29 is 16.8 Å². The third kappa shape index (κ3) is 4.06. The lowest BCUT2D eigenvalue weighted by Crippen LogP contribution is -2.40. The van der Waals surface area contributed by atoms with Crippen molar-refractivity contribution in [1.29, 1.82) is 0 Å². The van der Waals surface area contributed by atoms with Crippen LogP contribution in [0.3, 0.4) is 0 Å². The molecule has 0 aromatic carbocycles. The standard InChI is InChI=1S/C12H21N3O4S2/c1-13-8-11-7-12(9-15(11)2)21(18,19)14-10-3-5-20(16,17)6-4-10/h7,9-10,13-14H,3-6,8H2,1-2H3. The van der Waals surface area contributed by atoms with Gasteiger partial charge in [-0.25, -0.2) is 21.6 Å². The molecule has 120 valence electrons. The predicted octanol–water partition coefficient (Wildman–Crippen LogP) is -0.400. The number of nitrogens with one attached hydrogen (secondary N) is 2. The summed E-state index contributed by atoms with van der Waals surface area (Å²) < 4.78 is 51.8. The maximum Gasteiger partial charge on any atom is 0.242 e. The minimum atomic E-state index is -3.61. The topological polar surface area (TPSA) is 97.3 Å². The van der Waals surface area contributed by atoms with Crippen LogP contribution in [0.2, 0.25) is 0 Å². The molecule has 0 radical (unpaired) electrons. The first-order valence-electron chi connectivity index (χ1n) is 6.76. The van der Waals surface area contributed by atoms with Crippen molar-refractivity contribution in [2.45, 2.75) is 30.3 Å². The van der Waals surface area contributed by atoms with Crippen LogP contribution in [0.1, 0.15) is 18.5 Å². The van der Waals surface area contributed by atoms with Gasteiger partial charge in [0.05, 0.1) is 16.4 Å². The number of nitrogens with zero attached hydrogens (tertiary/aromatic N) is 1.